The molecule has 0 bridgehead atoms. The molecule has 0 spiro atoms. The number of allylic oxidation sites excluding steroid dienone is 3. The van der Waals surface area contributed by atoms with E-state index in [1.807, 2.05) is 24.4 Å². The lowest BCUT2D eigenvalue weighted by Gasteiger charge is -2.01. The van der Waals surface area contributed by atoms with Crippen LogP contribution in [0.15, 0.2) is 47.7 Å². The number of rotatable bonds is 1. The smallest absolute Gasteiger partial charge is 0.0699 e. The standard InChI is InChI=1S/C12H12N2/c1-2-4-8-14-12(5-3-1)11-6-9-13-10-7-11/h1,3,5-10H,2,4H2/b3-1-,12-5-,14-8-. The Morgan fingerprint density at radius 1 is 1.07 bits per heavy atom. The summed E-state index contributed by atoms with van der Waals surface area (Å²) in [6.07, 6.45) is 13.9. The SMILES string of the molecule is C1=C/CC\C=N/C(c2ccncc2)=C\1. The number of hydrogen-bond acceptors (Lipinski definition) is 2. The maximum atomic E-state index is 4.41. The molecule has 0 aliphatic carbocycles. The van der Waals surface area contributed by atoms with E-state index < -0.39 is 0 Å². The van der Waals surface area contributed by atoms with Crippen molar-refractivity contribution in [1.29, 1.82) is 0 Å². The monoisotopic (exact) mass is 184 g/mol. The van der Waals surface area contributed by atoms with Gasteiger partial charge in [0.15, 0.2) is 0 Å². The summed E-state index contributed by atoms with van der Waals surface area (Å²) < 4.78 is 0. The summed E-state index contributed by atoms with van der Waals surface area (Å²) in [6.45, 7) is 0. The fourth-order valence-corrected chi connectivity index (χ4v) is 1.33. The third-order valence-corrected chi connectivity index (χ3v) is 2.06. The Labute approximate surface area is 83.7 Å². The molecule has 0 fully saturated rings. The van der Waals surface area contributed by atoms with Gasteiger partial charge >= 0.3 is 0 Å². The van der Waals surface area contributed by atoms with E-state index in [9.17, 15) is 0 Å². The zero-order valence-corrected chi connectivity index (χ0v) is 7.93. The van der Waals surface area contributed by atoms with E-state index in [0.29, 0.717) is 0 Å². The first-order chi connectivity index (χ1) is 6.97. The first-order valence-corrected chi connectivity index (χ1v) is 4.76. The highest BCUT2D eigenvalue weighted by molar-refractivity contribution is 5.75. The fourth-order valence-electron chi connectivity index (χ4n) is 1.33. The molecule has 1 aromatic rings. The molecule has 0 N–H and O–H groups in total. The molecule has 70 valence electrons. The van der Waals surface area contributed by atoms with Crippen LogP contribution in [0.25, 0.3) is 5.70 Å². The first-order valence-electron chi connectivity index (χ1n) is 4.76. The average molecular weight is 184 g/mol. The van der Waals surface area contributed by atoms with E-state index in [0.717, 1.165) is 24.1 Å². The van der Waals surface area contributed by atoms with E-state index in [1.54, 1.807) is 12.4 Å². The van der Waals surface area contributed by atoms with Crippen LogP contribution in [0.2, 0.25) is 0 Å². The van der Waals surface area contributed by atoms with Crippen molar-refractivity contribution in [3.05, 3.63) is 48.3 Å². The van der Waals surface area contributed by atoms with Gasteiger partial charge < -0.3 is 0 Å². The van der Waals surface area contributed by atoms with Gasteiger partial charge in [0.2, 0.25) is 0 Å². The Balaban J connectivity index is 2.32. The summed E-state index contributed by atoms with van der Waals surface area (Å²) in [5.74, 6) is 0. The maximum absolute atomic E-state index is 4.41. The number of nitrogens with zero attached hydrogens (tertiary/aromatic N) is 2. The molecule has 1 aliphatic heterocycles. The molecular weight excluding hydrogens is 172 g/mol. The van der Waals surface area contributed by atoms with Crippen molar-refractivity contribution in [3.8, 4) is 0 Å². The molecule has 1 aromatic heterocycles. The van der Waals surface area contributed by atoms with Gasteiger partial charge in [0, 0.05) is 24.2 Å². The van der Waals surface area contributed by atoms with Crippen molar-refractivity contribution in [2.24, 2.45) is 4.99 Å². The second kappa shape index (κ2) is 4.51. The summed E-state index contributed by atoms with van der Waals surface area (Å²) in [6, 6.07) is 3.94. The number of aromatic nitrogens is 1. The van der Waals surface area contributed by atoms with Crippen molar-refractivity contribution in [2.45, 2.75) is 12.8 Å². The fraction of sp³-hybridized carbons (Fsp3) is 0.167. The lowest BCUT2D eigenvalue weighted by atomic mass is 10.1. The summed E-state index contributed by atoms with van der Waals surface area (Å²) in [4.78, 5) is 8.40. The molecular formula is C12H12N2. The van der Waals surface area contributed by atoms with Crippen molar-refractivity contribution in [3.63, 3.8) is 0 Å². The van der Waals surface area contributed by atoms with Crippen molar-refractivity contribution < 1.29 is 0 Å². The van der Waals surface area contributed by atoms with Crippen LogP contribution in [0.4, 0.5) is 0 Å². The van der Waals surface area contributed by atoms with E-state index in [4.69, 9.17) is 0 Å². The summed E-state index contributed by atoms with van der Waals surface area (Å²) in [7, 11) is 0. The predicted molar refractivity (Wildman–Crippen MR) is 59.1 cm³/mol. The second-order valence-electron chi connectivity index (χ2n) is 3.10. The van der Waals surface area contributed by atoms with Gasteiger partial charge in [0.05, 0.1) is 5.70 Å². The van der Waals surface area contributed by atoms with E-state index in [2.05, 4.69) is 22.1 Å². The van der Waals surface area contributed by atoms with Gasteiger partial charge in [0.1, 0.15) is 0 Å². The molecule has 0 radical (unpaired) electrons. The minimum Gasteiger partial charge on any atom is -0.265 e. The lowest BCUT2D eigenvalue weighted by molar-refractivity contribution is 1.11. The van der Waals surface area contributed by atoms with Gasteiger partial charge in [-0.2, -0.15) is 0 Å². The van der Waals surface area contributed by atoms with E-state index in [-0.39, 0.29) is 0 Å². The van der Waals surface area contributed by atoms with Crippen molar-refractivity contribution in [2.75, 3.05) is 0 Å². The molecule has 2 heterocycles. The topological polar surface area (TPSA) is 25.2 Å². The normalized spacial score (nSPS) is 24.1. The molecule has 0 saturated heterocycles. The molecule has 0 aromatic carbocycles. The highest BCUT2D eigenvalue weighted by Gasteiger charge is 1.97. The van der Waals surface area contributed by atoms with Crippen LogP contribution in [0.5, 0.6) is 0 Å². The Bertz CT molecular complexity index is 375. The molecule has 14 heavy (non-hydrogen) atoms. The molecule has 1 aliphatic rings. The van der Waals surface area contributed by atoms with Gasteiger partial charge in [-0.05, 0) is 31.1 Å². The quantitative estimate of drug-likeness (QED) is 0.658. The third kappa shape index (κ3) is 2.16. The largest absolute Gasteiger partial charge is 0.265 e. The van der Waals surface area contributed by atoms with Gasteiger partial charge in [0.25, 0.3) is 0 Å². The average Bonchev–Trinajstić information content (AvgIpc) is 2.18. The lowest BCUT2D eigenvalue weighted by Crippen LogP contribution is -1.85. The highest BCUT2D eigenvalue weighted by Crippen LogP contribution is 2.15. The Morgan fingerprint density at radius 3 is 2.79 bits per heavy atom. The second-order valence-corrected chi connectivity index (χ2v) is 3.10. The summed E-state index contributed by atoms with van der Waals surface area (Å²) in [5, 5.41) is 0. The molecule has 2 heteroatoms. The van der Waals surface area contributed by atoms with Crippen LogP contribution >= 0.6 is 0 Å². The molecule has 2 nitrogen and oxygen atoms in total. The zero-order valence-electron chi connectivity index (χ0n) is 7.93. The van der Waals surface area contributed by atoms with Gasteiger partial charge in [-0.1, -0.05) is 12.2 Å². The number of pyridine rings is 1. The molecule has 2 rings (SSSR count). The molecule has 0 saturated carbocycles. The van der Waals surface area contributed by atoms with Crippen LogP contribution in [-0.4, -0.2) is 11.2 Å². The number of hydrogen-bond donors (Lipinski definition) is 0. The van der Waals surface area contributed by atoms with Crippen LogP contribution in [0.3, 0.4) is 0 Å². The summed E-state index contributed by atoms with van der Waals surface area (Å²) >= 11 is 0. The summed E-state index contributed by atoms with van der Waals surface area (Å²) in [5.41, 5.74) is 2.12. The van der Waals surface area contributed by atoms with Crippen molar-refractivity contribution in [1.82, 2.24) is 4.98 Å². The minimum atomic E-state index is 1.00. The Morgan fingerprint density at radius 2 is 1.93 bits per heavy atom. The van der Waals surface area contributed by atoms with Crippen LogP contribution in [0, 0.1) is 0 Å². The molecule has 0 unspecified atom stereocenters. The molecule has 0 amide bonds. The van der Waals surface area contributed by atoms with E-state index >= 15 is 0 Å². The third-order valence-electron chi connectivity index (χ3n) is 2.06. The molecule has 0 atom stereocenters. The van der Waals surface area contributed by atoms with Crippen LogP contribution < -0.4 is 0 Å². The Hall–Kier alpha value is -1.70. The number of aliphatic imine (C=N–C) groups is 1. The van der Waals surface area contributed by atoms with Gasteiger partial charge in [-0.3, -0.25) is 9.98 Å². The van der Waals surface area contributed by atoms with Crippen molar-refractivity contribution >= 4 is 11.9 Å². The zero-order chi connectivity index (χ0) is 9.64. The first kappa shape index (κ1) is 8.88. The van der Waals surface area contributed by atoms with Gasteiger partial charge in [-0.25, -0.2) is 0 Å². The maximum Gasteiger partial charge on any atom is 0.0699 e. The Kier molecular flexibility index (Phi) is 2.86. The van der Waals surface area contributed by atoms with Crippen LogP contribution in [-0.2, 0) is 0 Å². The van der Waals surface area contributed by atoms with Crippen LogP contribution in [0.1, 0.15) is 18.4 Å². The minimum absolute atomic E-state index is 1.00. The van der Waals surface area contributed by atoms with E-state index in [1.165, 1.54) is 0 Å². The predicted octanol–water partition coefficient (Wildman–Crippen LogP) is 2.84. The van der Waals surface area contributed by atoms with Gasteiger partial charge in [-0.15, -0.1) is 0 Å². The highest BCUT2D eigenvalue weighted by atomic mass is 14.7.